The van der Waals surface area contributed by atoms with E-state index in [2.05, 4.69) is 41.8 Å². The molecule has 1 aromatic carbocycles. The zero-order chi connectivity index (χ0) is 17.7. The van der Waals surface area contributed by atoms with E-state index < -0.39 is 11.7 Å². The van der Waals surface area contributed by atoms with E-state index in [1.54, 1.807) is 20.8 Å². The van der Waals surface area contributed by atoms with Crippen LogP contribution in [0.1, 0.15) is 57.2 Å². The van der Waals surface area contributed by atoms with Gasteiger partial charge in [-0.05, 0) is 52.0 Å². The minimum Gasteiger partial charge on any atom is -0.444 e. The molecule has 5 heteroatoms. The first kappa shape index (κ1) is 18.3. The molecule has 0 heterocycles. The molecule has 24 heavy (non-hydrogen) atoms. The number of hydrogen-bond donors (Lipinski definition) is 2. The molecule has 2 rings (SSSR count). The molecule has 0 aromatic heterocycles. The molecule has 1 atom stereocenters. The number of carbonyl (C=O) groups is 2. The summed E-state index contributed by atoms with van der Waals surface area (Å²) in [6.45, 7) is 7.74. The van der Waals surface area contributed by atoms with Crippen molar-refractivity contribution in [2.75, 3.05) is 6.54 Å². The van der Waals surface area contributed by atoms with E-state index in [1.165, 1.54) is 5.56 Å². The number of rotatable bonds is 6. The molecule has 0 aliphatic heterocycles. The Labute approximate surface area is 144 Å². The number of hydrogen-bond acceptors (Lipinski definition) is 3. The number of aryl methyl sites for hydroxylation is 1. The number of benzene rings is 1. The van der Waals surface area contributed by atoms with Crippen LogP contribution in [0.5, 0.6) is 0 Å². The minimum absolute atomic E-state index is 0.0523. The van der Waals surface area contributed by atoms with Gasteiger partial charge in [-0.15, -0.1) is 0 Å². The van der Waals surface area contributed by atoms with Crippen LogP contribution in [0.4, 0.5) is 4.79 Å². The van der Waals surface area contributed by atoms with Crippen LogP contribution in [-0.2, 0) is 9.53 Å². The molecule has 1 fully saturated rings. The van der Waals surface area contributed by atoms with Gasteiger partial charge in [0.25, 0.3) is 0 Å². The quantitative estimate of drug-likeness (QED) is 0.838. The Bertz CT molecular complexity index is 571. The first-order valence-corrected chi connectivity index (χ1v) is 8.57. The van der Waals surface area contributed by atoms with E-state index in [4.69, 9.17) is 4.74 Å². The summed E-state index contributed by atoms with van der Waals surface area (Å²) >= 11 is 0. The van der Waals surface area contributed by atoms with Crippen LogP contribution in [-0.4, -0.2) is 24.1 Å². The van der Waals surface area contributed by atoms with Crippen LogP contribution in [0.3, 0.4) is 0 Å². The second kappa shape index (κ2) is 7.69. The Morgan fingerprint density at radius 2 is 1.83 bits per heavy atom. The fourth-order valence-electron chi connectivity index (χ4n) is 2.51. The van der Waals surface area contributed by atoms with Crippen molar-refractivity contribution in [1.29, 1.82) is 0 Å². The summed E-state index contributed by atoms with van der Waals surface area (Å²) < 4.78 is 5.15. The zero-order valence-electron chi connectivity index (χ0n) is 15.0. The maximum absolute atomic E-state index is 12.2. The molecule has 0 bridgehead atoms. The topological polar surface area (TPSA) is 67.4 Å². The Balaban J connectivity index is 1.79. The van der Waals surface area contributed by atoms with Crippen molar-refractivity contribution in [3.05, 3.63) is 35.4 Å². The van der Waals surface area contributed by atoms with E-state index in [-0.39, 0.29) is 24.9 Å². The third kappa shape index (κ3) is 6.22. The second-order valence-electron chi connectivity index (χ2n) is 7.47. The third-order valence-electron chi connectivity index (χ3n) is 3.87. The van der Waals surface area contributed by atoms with Crippen LogP contribution >= 0.6 is 0 Å². The number of amides is 2. The lowest BCUT2D eigenvalue weighted by molar-refractivity contribution is -0.121. The Kier molecular flexibility index (Phi) is 5.86. The van der Waals surface area contributed by atoms with Gasteiger partial charge in [0.1, 0.15) is 5.60 Å². The van der Waals surface area contributed by atoms with Crippen molar-refractivity contribution in [3.8, 4) is 0 Å². The van der Waals surface area contributed by atoms with Gasteiger partial charge in [-0.3, -0.25) is 4.79 Å². The van der Waals surface area contributed by atoms with E-state index in [9.17, 15) is 9.59 Å². The van der Waals surface area contributed by atoms with Gasteiger partial charge in [0, 0.05) is 13.0 Å². The maximum atomic E-state index is 12.2. The van der Waals surface area contributed by atoms with Gasteiger partial charge < -0.3 is 15.4 Å². The van der Waals surface area contributed by atoms with Gasteiger partial charge in [0.05, 0.1) is 6.04 Å². The van der Waals surface area contributed by atoms with Crippen LogP contribution in [0, 0.1) is 12.8 Å². The SMILES string of the molecule is Cc1ccc(C(NC(=O)CCNC(=O)OC(C)(C)C)C2CC2)cc1. The molecule has 2 N–H and O–H groups in total. The highest BCUT2D eigenvalue weighted by molar-refractivity contribution is 5.77. The molecular formula is C19H28N2O3. The first-order valence-electron chi connectivity index (χ1n) is 8.57. The summed E-state index contributed by atoms with van der Waals surface area (Å²) in [4.78, 5) is 23.8. The smallest absolute Gasteiger partial charge is 0.407 e. The largest absolute Gasteiger partial charge is 0.444 e. The summed E-state index contributed by atoms with van der Waals surface area (Å²) in [5.74, 6) is 0.471. The fourth-order valence-corrected chi connectivity index (χ4v) is 2.51. The summed E-state index contributed by atoms with van der Waals surface area (Å²) in [7, 11) is 0. The fraction of sp³-hybridized carbons (Fsp3) is 0.579. The molecule has 1 unspecified atom stereocenters. The Morgan fingerprint density at radius 3 is 2.38 bits per heavy atom. The number of ether oxygens (including phenoxy) is 1. The van der Waals surface area contributed by atoms with Gasteiger partial charge in [0.2, 0.25) is 5.91 Å². The average Bonchev–Trinajstić information content (AvgIpc) is 3.28. The van der Waals surface area contributed by atoms with E-state index >= 15 is 0 Å². The van der Waals surface area contributed by atoms with Crippen LogP contribution in [0.25, 0.3) is 0 Å². The van der Waals surface area contributed by atoms with E-state index in [0.29, 0.717) is 5.92 Å². The van der Waals surface area contributed by atoms with Crippen LogP contribution < -0.4 is 10.6 Å². The maximum Gasteiger partial charge on any atom is 0.407 e. The third-order valence-corrected chi connectivity index (χ3v) is 3.87. The molecule has 1 aromatic rings. The Morgan fingerprint density at radius 1 is 1.21 bits per heavy atom. The number of carbonyl (C=O) groups excluding carboxylic acids is 2. The highest BCUT2D eigenvalue weighted by Gasteiger charge is 2.33. The molecule has 1 aliphatic rings. The van der Waals surface area contributed by atoms with Gasteiger partial charge in [-0.1, -0.05) is 29.8 Å². The van der Waals surface area contributed by atoms with Crippen LogP contribution in [0.2, 0.25) is 0 Å². The molecule has 2 amide bonds. The molecular weight excluding hydrogens is 304 g/mol. The number of nitrogens with one attached hydrogen (secondary N) is 2. The predicted molar refractivity (Wildman–Crippen MR) is 93.6 cm³/mol. The zero-order valence-corrected chi connectivity index (χ0v) is 15.0. The van der Waals surface area contributed by atoms with Crippen molar-refractivity contribution in [1.82, 2.24) is 10.6 Å². The molecule has 5 nitrogen and oxygen atoms in total. The number of alkyl carbamates (subject to hydrolysis) is 1. The lowest BCUT2D eigenvalue weighted by Crippen LogP contribution is -2.36. The average molecular weight is 332 g/mol. The molecule has 0 radical (unpaired) electrons. The van der Waals surface area contributed by atoms with Crippen molar-refractivity contribution in [2.24, 2.45) is 5.92 Å². The monoisotopic (exact) mass is 332 g/mol. The molecule has 1 saturated carbocycles. The van der Waals surface area contributed by atoms with E-state index in [1.807, 2.05) is 0 Å². The highest BCUT2D eigenvalue weighted by atomic mass is 16.6. The standard InChI is InChI=1S/C19H28N2O3/c1-13-5-7-14(8-6-13)17(15-9-10-15)21-16(22)11-12-20-18(23)24-19(2,3)4/h5-8,15,17H,9-12H2,1-4H3,(H,20,23)(H,21,22). The summed E-state index contributed by atoms with van der Waals surface area (Å²) in [6.07, 6.45) is 2.05. The summed E-state index contributed by atoms with van der Waals surface area (Å²) in [5, 5.41) is 5.72. The molecule has 1 aliphatic carbocycles. The van der Waals surface area contributed by atoms with Gasteiger partial charge >= 0.3 is 6.09 Å². The lowest BCUT2D eigenvalue weighted by atomic mass is 10.0. The normalized spacial score (nSPS) is 15.5. The van der Waals surface area contributed by atoms with Crippen molar-refractivity contribution < 1.29 is 14.3 Å². The molecule has 132 valence electrons. The van der Waals surface area contributed by atoms with Gasteiger partial charge in [0.15, 0.2) is 0 Å². The highest BCUT2D eigenvalue weighted by Crippen LogP contribution is 2.41. The molecule has 0 spiro atoms. The van der Waals surface area contributed by atoms with Crippen molar-refractivity contribution >= 4 is 12.0 Å². The predicted octanol–water partition coefficient (Wildman–Crippen LogP) is 3.48. The minimum atomic E-state index is -0.533. The van der Waals surface area contributed by atoms with Crippen molar-refractivity contribution in [2.45, 2.75) is 58.6 Å². The first-order chi connectivity index (χ1) is 11.2. The van der Waals surface area contributed by atoms with Crippen molar-refractivity contribution in [3.63, 3.8) is 0 Å². The van der Waals surface area contributed by atoms with Gasteiger partial charge in [-0.2, -0.15) is 0 Å². The lowest BCUT2D eigenvalue weighted by Gasteiger charge is -2.20. The molecule has 0 saturated heterocycles. The summed E-state index contributed by atoms with van der Waals surface area (Å²) in [5.41, 5.74) is 1.83. The van der Waals surface area contributed by atoms with Gasteiger partial charge in [-0.25, -0.2) is 4.79 Å². The van der Waals surface area contributed by atoms with E-state index in [0.717, 1.165) is 18.4 Å². The summed E-state index contributed by atoms with van der Waals surface area (Å²) in [6, 6.07) is 8.37. The second-order valence-corrected chi connectivity index (χ2v) is 7.47. The van der Waals surface area contributed by atoms with Crippen LogP contribution in [0.15, 0.2) is 24.3 Å². The Hall–Kier alpha value is -2.04.